The van der Waals surface area contributed by atoms with Crippen molar-refractivity contribution in [3.05, 3.63) is 11.9 Å². The van der Waals surface area contributed by atoms with Crippen molar-refractivity contribution in [2.45, 2.75) is 39.0 Å². The van der Waals surface area contributed by atoms with E-state index in [4.69, 9.17) is 5.73 Å². The highest BCUT2D eigenvalue weighted by atomic mass is 32.2. The summed E-state index contributed by atoms with van der Waals surface area (Å²) in [5.41, 5.74) is 5.73. The summed E-state index contributed by atoms with van der Waals surface area (Å²) in [6.07, 6.45) is 8.06. The summed E-state index contributed by atoms with van der Waals surface area (Å²) >= 11 is 1.92. The number of rotatable bonds is 9. The van der Waals surface area contributed by atoms with E-state index in [-0.39, 0.29) is 0 Å². The Balaban J connectivity index is 2.20. The van der Waals surface area contributed by atoms with Gasteiger partial charge in [0.25, 0.3) is 0 Å². The minimum Gasteiger partial charge on any atom is -0.384 e. The molecular formula is C13H24N4S. The van der Waals surface area contributed by atoms with Gasteiger partial charge in [0.2, 0.25) is 0 Å². The summed E-state index contributed by atoms with van der Waals surface area (Å²) in [5, 5.41) is 3.31. The van der Waals surface area contributed by atoms with Crippen LogP contribution in [0, 0.1) is 0 Å². The van der Waals surface area contributed by atoms with E-state index in [2.05, 4.69) is 21.5 Å². The Morgan fingerprint density at radius 1 is 1.22 bits per heavy atom. The number of unbranched alkanes of at least 4 members (excludes halogenated alkanes) is 3. The second kappa shape index (κ2) is 9.03. The number of hydrogen-bond acceptors (Lipinski definition) is 5. The first-order valence-corrected chi connectivity index (χ1v) is 8.02. The molecule has 0 atom stereocenters. The van der Waals surface area contributed by atoms with E-state index in [0.717, 1.165) is 24.6 Å². The van der Waals surface area contributed by atoms with Crippen LogP contribution >= 0.6 is 11.8 Å². The molecule has 0 saturated carbocycles. The molecule has 0 aliphatic carbocycles. The van der Waals surface area contributed by atoms with E-state index in [9.17, 15) is 0 Å². The van der Waals surface area contributed by atoms with Crippen LogP contribution in [0.15, 0.2) is 6.07 Å². The molecular weight excluding hydrogens is 244 g/mol. The summed E-state index contributed by atoms with van der Waals surface area (Å²) in [7, 11) is 0. The van der Waals surface area contributed by atoms with Gasteiger partial charge in [-0.25, -0.2) is 9.97 Å². The first-order valence-electron chi connectivity index (χ1n) is 6.62. The molecule has 0 unspecified atom stereocenters. The highest BCUT2D eigenvalue weighted by Crippen LogP contribution is 2.10. The van der Waals surface area contributed by atoms with Crippen molar-refractivity contribution in [2.24, 2.45) is 0 Å². The number of anilines is 2. The summed E-state index contributed by atoms with van der Waals surface area (Å²) in [5.74, 6) is 3.47. The van der Waals surface area contributed by atoms with E-state index >= 15 is 0 Å². The Morgan fingerprint density at radius 3 is 2.72 bits per heavy atom. The standard InChI is InChI=1S/C13H24N4S/c1-3-12-16-11(14)10-13(17-12)15-8-6-4-5-7-9-18-2/h10H,3-9H2,1-2H3,(H3,14,15,16,17). The molecule has 3 N–H and O–H groups in total. The van der Waals surface area contributed by atoms with Gasteiger partial charge in [-0.2, -0.15) is 11.8 Å². The first kappa shape index (κ1) is 15.1. The lowest BCUT2D eigenvalue weighted by atomic mass is 10.2. The number of nitrogens with one attached hydrogen (secondary N) is 1. The molecule has 0 bridgehead atoms. The second-order valence-electron chi connectivity index (χ2n) is 4.28. The number of aromatic nitrogens is 2. The molecule has 1 rings (SSSR count). The van der Waals surface area contributed by atoms with Crippen LogP contribution in [0.25, 0.3) is 0 Å². The Labute approximate surface area is 114 Å². The molecule has 4 nitrogen and oxygen atoms in total. The van der Waals surface area contributed by atoms with Crippen molar-refractivity contribution in [1.29, 1.82) is 0 Å². The molecule has 0 saturated heterocycles. The largest absolute Gasteiger partial charge is 0.384 e. The lowest BCUT2D eigenvalue weighted by Gasteiger charge is -2.07. The molecule has 0 spiro atoms. The van der Waals surface area contributed by atoms with Gasteiger partial charge in [-0.1, -0.05) is 19.8 Å². The quantitative estimate of drug-likeness (QED) is 0.674. The van der Waals surface area contributed by atoms with Gasteiger partial charge in [-0.3, -0.25) is 0 Å². The van der Waals surface area contributed by atoms with Crippen LogP contribution in [-0.4, -0.2) is 28.5 Å². The molecule has 18 heavy (non-hydrogen) atoms. The third kappa shape index (κ3) is 6.10. The van der Waals surface area contributed by atoms with Gasteiger partial charge >= 0.3 is 0 Å². The lowest BCUT2D eigenvalue weighted by Crippen LogP contribution is -2.07. The van der Waals surface area contributed by atoms with E-state index < -0.39 is 0 Å². The Morgan fingerprint density at radius 2 is 2.00 bits per heavy atom. The van der Waals surface area contributed by atoms with Crippen LogP contribution in [0.4, 0.5) is 11.6 Å². The maximum absolute atomic E-state index is 5.73. The number of hydrogen-bond donors (Lipinski definition) is 2. The molecule has 0 amide bonds. The van der Waals surface area contributed by atoms with E-state index in [1.807, 2.05) is 18.7 Å². The number of nitrogens with zero attached hydrogens (tertiary/aromatic N) is 2. The van der Waals surface area contributed by atoms with Gasteiger partial charge in [0.05, 0.1) is 0 Å². The van der Waals surface area contributed by atoms with E-state index in [0.29, 0.717) is 5.82 Å². The second-order valence-corrected chi connectivity index (χ2v) is 5.27. The van der Waals surface area contributed by atoms with Gasteiger partial charge in [-0.15, -0.1) is 0 Å². The summed E-state index contributed by atoms with van der Waals surface area (Å²) in [6.45, 7) is 2.99. The smallest absolute Gasteiger partial charge is 0.132 e. The van der Waals surface area contributed by atoms with Gasteiger partial charge in [0.1, 0.15) is 17.5 Å². The molecule has 5 heteroatoms. The third-order valence-corrected chi connectivity index (χ3v) is 3.39. The minimum atomic E-state index is 0.546. The van der Waals surface area contributed by atoms with Crippen LogP contribution in [0.2, 0.25) is 0 Å². The molecule has 0 aromatic carbocycles. The van der Waals surface area contributed by atoms with Crippen LogP contribution in [0.1, 0.15) is 38.4 Å². The van der Waals surface area contributed by atoms with Crippen LogP contribution < -0.4 is 11.1 Å². The van der Waals surface area contributed by atoms with Crippen molar-refractivity contribution >= 4 is 23.4 Å². The average Bonchev–Trinajstić information content (AvgIpc) is 2.37. The van der Waals surface area contributed by atoms with Crippen molar-refractivity contribution < 1.29 is 0 Å². The molecule has 102 valence electrons. The van der Waals surface area contributed by atoms with Crippen molar-refractivity contribution in [2.75, 3.05) is 29.6 Å². The first-order chi connectivity index (χ1) is 8.76. The maximum Gasteiger partial charge on any atom is 0.132 e. The zero-order chi connectivity index (χ0) is 13.2. The number of nitrogens with two attached hydrogens (primary N) is 1. The highest BCUT2D eigenvalue weighted by Gasteiger charge is 2.00. The monoisotopic (exact) mass is 268 g/mol. The van der Waals surface area contributed by atoms with Gasteiger partial charge in [0, 0.05) is 19.0 Å². The summed E-state index contributed by atoms with van der Waals surface area (Å²) in [4.78, 5) is 8.55. The van der Waals surface area contributed by atoms with Crippen molar-refractivity contribution in [3.63, 3.8) is 0 Å². The normalized spacial score (nSPS) is 10.6. The Kier molecular flexibility index (Phi) is 7.57. The lowest BCUT2D eigenvalue weighted by molar-refractivity contribution is 0.688. The Hall–Kier alpha value is -0.970. The van der Waals surface area contributed by atoms with Gasteiger partial charge in [-0.05, 0) is 24.9 Å². The van der Waals surface area contributed by atoms with Crippen molar-refractivity contribution in [1.82, 2.24) is 9.97 Å². The predicted molar refractivity (Wildman–Crippen MR) is 81.2 cm³/mol. The third-order valence-electron chi connectivity index (χ3n) is 2.69. The fourth-order valence-corrected chi connectivity index (χ4v) is 2.20. The molecule has 0 aliphatic rings. The zero-order valence-corrected chi connectivity index (χ0v) is 12.2. The molecule has 0 fully saturated rings. The van der Waals surface area contributed by atoms with E-state index in [1.54, 1.807) is 6.07 Å². The molecule has 0 radical (unpaired) electrons. The fraction of sp³-hybridized carbons (Fsp3) is 0.692. The number of thioether (sulfide) groups is 1. The van der Waals surface area contributed by atoms with Gasteiger partial charge in [0.15, 0.2) is 0 Å². The fourth-order valence-electron chi connectivity index (χ4n) is 1.71. The summed E-state index contributed by atoms with van der Waals surface area (Å²) in [6, 6.07) is 1.80. The summed E-state index contributed by atoms with van der Waals surface area (Å²) < 4.78 is 0. The maximum atomic E-state index is 5.73. The number of nitrogen functional groups attached to an aromatic ring is 1. The average molecular weight is 268 g/mol. The van der Waals surface area contributed by atoms with E-state index in [1.165, 1.54) is 31.4 Å². The van der Waals surface area contributed by atoms with Crippen LogP contribution in [0.5, 0.6) is 0 Å². The SMILES string of the molecule is CCc1nc(N)cc(NCCCCCCSC)n1. The highest BCUT2D eigenvalue weighted by molar-refractivity contribution is 7.98. The predicted octanol–water partition coefficient (Wildman–Crippen LogP) is 2.96. The Bertz CT molecular complexity index is 344. The zero-order valence-electron chi connectivity index (χ0n) is 11.4. The van der Waals surface area contributed by atoms with Crippen LogP contribution in [-0.2, 0) is 6.42 Å². The van der Waals surface area contributed by atoms with Crippen molar-refractivity contribution in [3.8, 4) is 0 Å². The number of aryl methyl sites for hydroxylation is 1. The molecule has 1 aromatic heterocycles. The minimum absolute atomic E-state index is 0.546. The van der Waals surface area contributed by atoms with Gasteiger partial charge < -0.3 is 11.1 Å². The van der Waals surface area contributed by atoms with Crippen LogP contribution in [0.3, 0.4) is 0 Å². The molecule has 0 aliphatic heterocycles. The topological polar surface area (TPSA) is 63.8 Å². The molecule has 1 aromatic rings. The molecule has 1 heterocycles.